The molecule has 0 aliphatic carbocycles. The number of anilines is 1. The van der Waals surface area contributed by atoms with Gasteiger partial charge in [-0.3, -0.25) is 9.63 Å². The Bertz CT molecular complexity index is 1070. The number of amides is 1. The zero-order chi connectivity index (χ0) is 20.1. The summed E-state index contributed by atoms with van der Waals surface area (Å²) in [4.78, 5) is 25.7. The summed E-state index contributed by atoms with van der Waals surface area (Å²) < 4.78 is 25.4. The van der Waals surface area contributed by atoms with Crippen LogP contribution in [-0.4, -0.2) is 42.9 Å². The maximum atomic E-state index is 12.5. The first-order chi connectivity index (χ1) is 13.4. The molecule has 1 aromatic heterocycles. The summed E-state index contributed by atoms with van der Waals surface area (Å²) in [6.07, 6.45) is 2.99. The lowest BCUT2D eigenvalue weighted by molar-refractivity contribution is -0.0258. The molecule has 0 aliphatic heterocycles. The van der Waals surface area contributed by atoms with Crippen LogP contribution in [0, 0.1) is 0 Å². The normalized spacial score (nSPS) is 11.4. The van der Waals surface area contributed by atoms with Gasteiger partial charge in [-0.1, -0.05) is 40.9 Å². The minimum atomic E-state index is -3.85. The molecule has 0 radical (unpaired) electrons. The molecule has 0 spiro atoms. The van der Waals surface area contributed by atoms with Crippen LogP contribution < -0.4 is 5.32 Å². The summed E-state index contributed by atoms with van der Waals surface area (Å²) in [5.74, 6) is 0.0578. The highest BCUT2D eigenvalue weighted by Crippen LogP contribution is 2.18. The van der Waals surface area contributed by atoms with Gasteiger partial charge in [0.2, 0.25) is 0 Å². The standard InChI is InChI=1S/C19H18N4O4S/c1-23(27-2)28(25,26)17-10-6-9-15(11-17)19(24)22-16-12-20-18(21-13-16)14-7-4-3-5-8-14/h3-13H,1-2H3,(H,22,24). The fraction of sp³-hybridized carbons (Fsp3) is 0.105. The van der Waals surface area contributed by atoms with Crippen molar-refractivity contribution in [3.05, 3.63) is 72.6 Å². The van der Waals surface area contributed by atoms with Crippen molar-refractivity contribution in [3.8, 4) is 11.4 Å². The molecule has 1 N–H and O–H groups in total. The number of benzene rings is 2. The third-order valence-corrected chi connectivity index (χ3v) is 5.61. The van der Waals surface area contributed by atoms with Gasteiger partial charge in [-0.05, 0) is 18.2 Å². The van der Waals surface area contributed by atoms with Gasteiger partial charge in [-0.25, -0.2) is 18.4 Å². The van der Waals surface area contributed by atoms with Crippen molar-refractivity contribution >= 4 is 21.6 Å². The molecular formula is C19H18N4O4S. The van der Waals surface area contributed by atoms with Crippen molar-refractivity contribution in [2.24, 2.45) is 0 Å². The molecule has 28 heavy (non-hydrogen) atoms. The van der Waals surface area contributed by atoms with Crippen LogP contribution in [0.2, 0.25) is 0 Å². The predicted molar refractivity (Wildman–Crippen MR) is 104 cm³/mol. The number of nitrogens with one attached hydrogen (secondary N) is 1. The van der Waals surface area contributed by atoms with E-state index in [1.54, 1.807) is 0 Å². The topological polar surface area (TPSA) is 101 Å². The zero-order valence-corrected chi connectivity index (χ0v) is 16.1. The minimum absolute atomic E-state index is 0.0554. The van der Waals surface area contributed by atoms with Gasteiger partial charge in [0, 0.05) is 18.2 Å². The smallest absolute Gasteiger partial charge is 0.264 e. The molecule has 8 nitrogen and oxygen atoms in total. The molecule has 0 fully saturated rings. The molecule has 9 heteroatoms. The van der Waals surface area contributed by atoms with Crippen LogP contribution in [0.1, 0.15) is 10.4 Å². The van der Waals surface area contributed by atoms with Gasteiger partial charge in [0.1, 0.15) is 0 Å². The Balaban J connectivity index is 1.78. The fourth-order valence-corrected chi connectivity index (χ4v) is 3.40. The molecular weight excluding hydrogens is 380 g/mol. The van der Waals surface area contributed by atoms with E-state index in [9.17, 15) is 13.2 Å². The van der Waals surface area contributed by atoms with Crippen molar-refractivity contribution in [1.82, 2.24) is 14.4 Å². The fourth-order valence-electron chi connectivity index (χ4n) is 2.38. The van der Waals surface area contributed by atoms with Crippen LogP contribution in [-0.2, 0) is 14.9 Å². The van der Waals surface area contributed by atoms with E-state index >= 15 is 0 Å². The zero-order valence-electron chi connectivity index (χ0n) is 15.2. The van der Waals surface area contributed by atoms with Crippen molar-refractivity contribution < 1.29 is 18.0 Å². The second-order valence-electron chi connectivity index (χ2n) is 5.74. The molecule has 0 unspecified atom stereocenters. The molecule has 0 aliphatic rings. The Morgan fingerprint density at radius 2 is 1.71 bits per heavy atom. The summed E-state index contributed by atoms with van der Waals surface area (Å²) in [6, 6.07) is 15.1. The number of hydrogen-bond acceptors (Lipinski definition) is 6. The van der Waals surface area contributed by atoms with E-state index < -0.39 is 15.9 Å². The van der Waals surface area contributed by atoms with E-state index in [0.717, 1.165) is 10.0 Å². The van der Waals surface area contributed by atoms with Crippen LogP contribution in [0.4, 0.5) is 5.69 Å². The van der Waals surface area contributed by atoms with E-state index in [4.69, 9.17) is 4.84 Å². The lowest BCUT2D eigenvalue weighted by atomic mass is 10.2. The molecule has 0 bridgehead atoms. The number of sulfonamides is 1. The molecule has 3 aromatic rings. The Kier molecular flexibility index (Phi) is 5.78. The van der Waals surface area contributed by atoms with E-state index in [2.05, 4.69) is 15.3 Å². The van der Waals surface area contributed by atoms with Crippen molar-refractivity contribution in [1.29, 1.82) is 0 Å². The van der Waals surface area contributed by atoms with Crippen molar-refractivity contribution in [2.75, 3.05) is 19.5 Å². The highest BCUT2D eigenvalue weighted by Gasteiger charge is 2.22. The monoisotopic (exact) mass is 398 g/mol. The SMILES string of the molecule is CON(C)S(=O)(=O)c1cccc(C(=O)Nc2cnc(-c3ccccc3)nc2)c1. The van der Waals surface area contributed by atoms with Crippen molar-refractivity contribution in [3.63, 3.8) is 0 Å². The highest BCUT2D eigenvalue weighted by atomic mass is 32.2. The van der Waals surface area contributed by atoms with Crippen LogP contribution in [0.15, 0.2) is 71.9 Å². The molecule has 1 amide bonds. The minimum Gasteiger partial charge on any atom is -0.319 e. The number of hydroxylamine groups is 1. The Morgan fingerprint density at radius 1 is 1.04 bits per heavy atom. The number of aromatic nitrogens is 2. The summed E-state index contributed by atoms with van der Waals surface area (Å²) >= 11 is 0. The molecule has 0 saturated heterocycles. The van der Waals surface area contributed by atoms with Crippen LogP contribution in [0.3, 0.4) is 0 Å². The van der Waals surface area contributed by atoms with Gasteiger partial charge in [-0.15, -0.1) is 0 Å². The second kappa shape index (κ2) is 8.26. The van der Waals surface area contributed by atoms with Crippen molar-refractivity contribution in [2.45, 2.75) is 4.90 Å². The number of nitrogens with zero attached hydrogens (tertiary/aromatic N) is 3. The molecule has 0 atom stereocenters. The highest BCUT2D eigenvalue weighted by molar-refractivity contribution is 7.89. The molecule has 1 heterocycles. The van der Waals surface area contributed by atoms with Gasteiger partial charge < -0.3 is 5.32 Å². The average molecular weight is 398 g/mol. The van der Waals surface area contributed by atoms with Gasteiger partial charge in [0.25, 0.3) is 15.9 Å². The summed E-state index contributed by atoms with van der Waals surface area (Å²) in [6.45, 7) is 0. The largest absolute Gasteiger partial charge is 0.319 e. The summed E-state index contributed by atoms with van der Waals surface area (Å²) in [5, 5.41) is 2.66. The van der Waals surface area contributed by atoms with E-state index in [1.807, 2.05) is 30.3 Å². The van der Waals surface area contributed by atoms with Gasteiger partial charge in [-0.2, -0.15) is 0 Å². The van der Waals surface area contributed by atoms with E-state index in [0.29, 0.717) is 11.5 Å². The summed E-state index contributed by atoms with van der Waals surface area (Å²) in [7, 11) is -1.33. The summed E-state index contributed by atoms with van der Waals surface area (Å²) in [5.41, 5.74) is 1.44. The first-order valence-electron chi connectivity index (χ1n) is 8.24. The van der Waals surface area contributed by atoms with Crippen LogP contribution in [0.5, 0.6) is 0 Å². The van der Waals surface area contributed by atoms with Gasteiger partial charge in [0.05, 0.1) is 30.1 Å². The van der Waals surface area contributed by atoms with E-state index in [-0.39, 0.29) is 10.5 Å². The van der Waals surface area contributed by atoms with E-state index in [1.165, 1.54) is 50.8 Å². The number of carbonyl (C=O) groups is 1. The molecule has 3 rings (SSSR count). The number of carbonyl (C=O) groups excluding carboxylic acids is 1. The number of rotatable bonds is 6. The van der Waals surface area contributed by atoms with Gasteiger partial charge in [0.15, 0.2) is 5.82 Å². The Labute approximate surface area is 162 Å². The first kappa shape index (κ1) is 19.6. The molecule has 2 aromatic carbocycles. The Morgan fingerprint density at radius 3 is 2.36 bits per heavy atom. The van der Waals surface area contributed by atoms with Crippen LogP contribution in [0.25, 0.3) is 11.4 Å². The predicted octanol–water partition coefficient (Wildman–Crippen LogP) is 2.58. The Hall–Kier alpha value is -3.14. The maximum absolute atomic E-state index is 12.5. The number of hydrogen-bond donors (Lipinski definition) is 1. The van der Waals surface area contributed by atoms with Crippen LogP contribution >= 0.6 is 0 Å². The third-order valence-electron chi connectivity index (χ3n) is 3.93. The first-order valence-corrected chi connectivity index (χ1v) is 9.68. The molecule has 0 saturated carbocycles. The second-order valence-corrected chi connectivity index (χ2v) is 7.68. The lowest BCUT2D eigenvalue weighted by Gasteiger charge is -2.14. The quantitative estimate of drug-likeness (QED) is 0.641. The maximum Gasteiger partial charge on any atom is 0.264 e. The lowest BCUT2D eigenvalue weighted by Crippen LogP contribution is -2.26. The van der Waals surface area contributed by atoms with Gasteiger partial charge >= 0.3 is 0 Å². The molecule has 144 valence electrons. The average Bonchev–Trinajstić information content (AvgIpc) is 2.74. The third kappa shape index (κ3) is 4.22.